The zero-order valence-electron chi connectivity index (χ0n) is 14.1. The molecule has 1 aromatic carbocycles. The molecule has 1 saturated heterocycles. The summed E-state index contributed by atoms with van der Waals surface area (Å²) in [5.41, 5.74) is 0.521. The average Bonchev–Trinajstić information content (AvgIpc) is 2.89. The fourth-order valence-electron chi connectivity index (χ4n) is 2.61. The molecule has 1 heterocycles. The van der Waals surface area contributed by atoms with Crippen LogP contribution in [0.1, 0.15) is 42.5 Å². The number of rotatable bonds is 6. The second-order valence-electron chi connectivity index (χ2n) is 5.97. The van der Waals surface area contributed by atoms with E-state index in [1.165, 1.54) is 0 Å². The van der Waals surface area contributed by atoms with Crippen molar-refractivity contribution in [1.82, 2.24) is 10.2 Å². The summed E-state index contributed by atoms with van der Waals surface area (Å²) in [7, 11) is 0. The molecule has 0 unspecified atom stereocenters. The Labute approximate surface area is 156 Å². The Bertz CT molecular complexity index is 596. The van der Waals surface area contributed by atoms with Gasteiger partial charge in [-0.3, -0.25) is 14.4 Å². The number of hydrogen-bond donors (Lipinski definition) is 1. The quantitative estimate of drug-likeness (QED) is 0.730. The Morgan fingerprint density at radius 1 is 1.04 bits per heavy atom. The van der Waals surface area contributed by atoms with Crippen LogP contribution in [0.5, 0.6) is 0 Å². The van der Waals surface area contributed by atoms with Crippen molar-refractivity contribution in [2.24, 2.45) is 0 Å². The molecular weight excluding hydrogens is 388 g/mol. The first-order chi connectivity index (χ1) is 12.1. The van der Waals surface area contributed by atoms with E-state index in [1.54, 1.807) is 29.2 Å². The van der Waals surface area contributed by atoms with Crippen molar-refractivity contribution in [3.05, 3.63) is 34.3 Å². The third-order valence-electron chi connectivity index (χ3n) is 4.04. The van der Waals surface area contributed by atoms with Crippen molar-refractivity contribution in [3.63, 3.8) is 0 Å². The molecule has 1 aromatic rings. The number of ether oxygens (including phenoxy) is 1. The molecule has 0 aromatic heterocycles. The monoisotopic (exact) mass is 410 g/mol. The van der Waals surface area contributed by atoms with Crippen LogP contribution in [0, 0.1) is 0 Å². The number of esters is 1. The van der Waals surface area contributed by atoms with Gasteiger partial charge in [0.05, 0.1) is 6.42 Å². The molecule has 0 bridgehead atoms. The first kappa shape index (κ1) is 19.4. The van der Waals surface area contributed by atoms with E-state index in [1.807, 2.05) is 0 Å². The van der Waals surface area contributed by atoms with Gasteiger partial charge in [-0.1, -0.05) is 28.8 Å². The Hall–Kier alpha value is -1.89. The van der Waals surface area contributed by atoms with Gasteiger partial charge < -0.3 is 15.0 Å². The summed E-state index contributed by atoms with van der Waals surface area (Å²) >= 11 is 3.30. The van der Waals surface area contributed by atoms with Gasteiger partial charge in [-0.25, -0.2) is 0 Å². The number of nitrogens with one attached hydrogen (secondary N) is 1. The molecule has 0 saturated carbocycles. The summed E-state index contributed by atoms with van der Waals surface area (Å²) in [6.45, 7) is 1.42. The van der Waals surface area contributed by atoms with Crippen LogP contribution in [0.15, 0.2) is 28.7 Å². The maximum Gasteiger partial charge on any atom is 0.308 e. The Kier molecular flexibility index (Phi) is 7.91. The van der Waals surface area contributed by atoms with Crippen molar-refractivity contribution in [3.8, 4) is 0 Å². The molecule has 2 amide bonds. The Morgan fingerprint density at radius 2 is 1.68 bits per heavy atom. The smallest absolute Gasteiger partial charge is 0.308 e. The summed E-state index contributed by atoms with van der Waals surface area (Å²) < 4.78 is 5.90. The van der Waals surface area contributed by atoms with Crippen LogP contribution >= 0.6 is 15.9 Å². The maximum absolute atomic E-state index is 12.0. The normalized spacial score (nSPS) is 14.5. The maximum atomic E-state index is 12.0. The molecule has 1 fully saturated rings. The lowest BCUT2D eigenvalue weighted by atomic mass is 10.2. The number of carbonyl (C=O) groups is 3. The zero-order chi connectivity index (χ0) is 18.1. The molecule has 6 nitrogen and oxygen atoms in total. The summed E-state index contributed by atoms with van der Waals surface area (Å²) in [6, 6.07) is 6.93. The fraction of sp³-hybridized carbons (Fsp3) is 0.500. The molecular formula is C18H23BrN2O4. The predicted octanol–water partition coefficient (Wildman–Crippen LogP) is 2.51. The molecule has 25 heavy (non-hydrogen) atoms. The largest absolute Gasteiger partial charge is 0.456 e. The second-order valence-corrected chi connectivity index (χ2v) is 6.88. The van der Waals surface area contributed by atoms with Crippen LogP contribution < -0.4 is 5.32 Å². The van der Waals surface area contributed by atoms with Gasteiger partial charge in [0, 0.05) is 29.7 Å². The van der Waals surface area contributed by atoms with Crippen molar-refractivity contribution in [2.75, 3.05) is 26.2 Å². The third-order valence-corrected chi connectivity index (χ3v) is 4.57. The Balaban J connectivity index is 1.64. The van der Waals surface area contributed by atoms with Gasteiger partial charge in [0.1, 0.15) is 0 Å². The average molecular weight is 411 g/mol. The molecule has 2 rings (SSSR count). The molecule has 0 atom stereocenters. The fourth-order valence-corrected chi connectivity index (χ4v) is 2.87. The van der Waals surface area contributed by atoms with Gasteiger partial charge in [-0.15, -0.1) is 0 Å². The molecule has 0 spiro atoms. The van der Waals surface area contributed by atoms with Crippen molar-refractivity contribution >= 4 is 33.7 Å². The summed E-state index contributed by atoms with van der Waals surface area (Å²) in [5.74, 6) is -0.880. The summed E-state index contributed by atoms with van der Waals surface area (Å²) in [5, 5.41) is 2.66. The van der Waals surface area contributed by atoms with Crippen LogP contribution in [-0.2, 0) is 14.3 Å². The van der Waals surface area contributed by atoms with Crippen LogP contribution in [0.4, 0.5) is 0 Å². The topological polar surface area (TPSA) is 75.7 Å². The van der Waals surface area contributed by atoms with Crippen molar-refractivity contribution in [1.29, 1.82) is 0 Å². The number of halogens is 1. The summed E-state index contributed by atoms with van der Waals surface area (Å²) in [4.78, 5) is 37.4. The summed E-state index contributed by atoms with van der Waals surface area (Å²) in [6.07, 6.45) is 4.32. The number of likely N-dealkylation sites (tertiary alicyclic amines) is 1. The van der Waals surface area contributed by atoms with E-state index in [4.69, 9.17) is 4.74 Å². The highest BCUT2D eigenvalue weighted by Crippen LogP contribution is 2.11. The highest BCUT2D eigenvalue weighted by Gasteiger charge is 2.17. The lowest BCUT2D eigenvalue weighted by Gasteiger charge is -2.19. The zero-order valence-corrected chi connectivity index (χ0v) is 15.7. The number of carbonyl (C=O) groups excluding carboxylic acids is 3. The molecule has 1 aliphatic heterocycles. The van der Waals surface area contributed by atoms with Crippen LogP contribution in [0.25, 0.3) is 0 Å². The number of benzene rings is 1. The van der Waals surface area contributed by atoms with E-state index in [9.17, 15) is 14.4 Å². The van der Waals surface area contributed by atoms with E-state index >= 15 is 0 Å². The van der Waals surface area contributed by atoms with Gasteiger partial charge in [-0.2, -0.15) is 0 Å². The van der Waals surface area contributed by atoms with Gasteiger partial charge in [0.25, 0.3) is 11.8 Å². The minimum Gasteiger partial charge on any atom is -0.456 e. The molecule has 1 aliphatic rings. The van der Waals surface area contributed by atoms with E-state index in [0.717, 1.165) is 43.2 Å². The van der Waals surface area contributed by atoms with Crippen molar-refractivity contribution < 1.29 is 19.1 Å². The lowest BCUT2D eigenvalue weighted by molar-refractivity contribution is -0.151. The lowest BCUT2D eigenvalue weighted by Crippen LogP contribution is -2.35. The highest BCUT2D eigenvalue weighted by molar-refractivity contribution is 9.10. The van der Waals surface area contributed by atoms with E-state index < -0.39 is 5.97 Å². The van der Waals surface area contributed by atoms with Gasteiger partial charge in [0.2, 0.25) is 0 Å². The van der Waals surface area contributed by atoms with E-state index in [-0.39, 0.29) is 31.4 Å². The number of hydrogen-bond acceptors (Lipinski definition) is 4. The van der Waals surface area contributed by atoms with Gasteiger partial charge >= 0.3 is 5.97 Å². The first-order valence-electron chi connectivity index (χ1n) is 8.53. The van der Waals surface area contributed by atoms with Gasteiger partial charge in [-0.05, 0) is 37.1 Å². The minimum absolute atomic E-state index is 0.0373. The molecule has 0 aliphatic carbocycles. The van der Waals surface area contributed by atoms with E-state index in [0.29, 0.717) is 5.56 Å². The molecule has 0 radical (unpaired) electrons. The predicted molar refractivity (Wildman–Crippen MR) is 97.1 cm³/mol. The second kappa shape index (κ2) is 10.2. The highest BCUT2D eigenvalue weighted by atomic mass is 79.9. The van der Waals surface area contributed by atoms with Crippen LogP contribution in [0.3, 0.4) is 0 Å². The third kappa shape index (κ3) is 6.86. The molecule has 136 valence electrons. The van der Waals surface area contributed by atoms with Gasteiger partial charge in [0.15, 0.2) is 6.61 Å². The first-order valence-corrected chi connectivity index (χ1v) is 9.33. The number of nitrogens with zero attached hydrogens (tertiary/aromatic N) is 1. The van der Waals surface area contributed by atoms with Crippen molar-refractivity contribution in [2.45, 2.75) is 32.1 Å². The molecule has 7 heteroatoms. The minimum atomic E-state index is -0.487. The molecule has 1 N–H and O–H groups in total. The van der Waals surface area contributed by atoms with Crippen LogP contribution in [0.2, 0.25) is 0 Å². The van der Waals surface area contributed by atoms with E-state index in [2.05, 4.69) is 21.2 Å². The standard InChI is InChI=1S/C18H23BrN2O4/c19-15-7-5-14(6-8-15)18(24)20-10-9-17(23)25-13-16(22)21-11-3-1-2-4-12-21/h5-8H,1-4,9-13H2,(H,20,24). The Morgan fingerprint density at radius 3 is 2.32 bits per heavy atom. The SMILES string of the molecule is O=C(CCNC(=O)c1ccc(Br)cc1)OCC(=O)N1CCCCCC1. The van der Waals surface area contributed by atoms with Crippen LogP contribution in [-0.4, -0.2) is 48.9 Å². The number of amides is 2.